The second kappa shape index (κ2) is 3.42. The molecule has 0 aliphatic carbocycles. The Morgan fingerprint density at radius 2 is 2.00 bits per heavy atom. The Balaban J connectivity index is 3.51. The lowest BCUT2D eigenvalue weighted by atomic mass is 10.7. The predicted octanol–water partition coefficient (Wildman–Crippen LogP) is -1.30. The summed E-state index contributed by atoms with van der Waals surface area (Å²) in [4.78, 5) is 35.3. The zero-order valence-electron chi connectivity index (χ0n) is 4.07. The van der Waals surface area contributed by atoms with Gasteiger partial charge in [-0.2, -0.15) is 0 Å². The number of carbonyl (C=O) groups excluding carboxylic acids is 2. The second-order valence-electron chi connectivity index (χ2n) is 0.868. The van der Waals surface area contributed by atoms with Crippen molar-refractivity contribution in [1.29, 1.82) is 0 Å². The van der Waals surface area contributed by atoms with Crippen LogP contribution in [-0.4, -0.2) is 23.5 Å². The first-order chi connectivity index (χ1) is 4.18. The average Bonchev–Trinajstić information content (AvgIpc) is 1.82. The molecular formula is C3H2O6. The molecule has 6 nitrogen and oxygen atoms in total. The monoisotopic (exact) mass is 134 g/mol. The highest BCUT2D eigenvalue weighted by molar-refractivity contribution is 6.28. The first-order valence-corrected chi connectivity index (χ1v) is 1.72. The molecule has 0 bridgehead atoms. The van der Waals surface area contributed by atoms with Crippen molar-refractivity contribution in [2.24, 2.45) is 0 Å². The molecule has 0 spiro atoms. The molecule has 0 heterocycles. The topological polar surface area (TPSA) is 89.9 Å². The van der Waals surface area contributed by atoms with Gasteiger partial charge in [0.1, 0.15) is 0 Å². The van der Waals surface area contributed by atoms with Gasteiger partial charge < -0.3 is 5.11 Å². The van der Waals surface area contributed by atoms with Crippen LogP contribution in [0.5, 0.6) is 0 Å². The van der Waals surface area contributed by atoms with Crippen molar-refractivity contribution < 1.29 is 29.3 Å². The molecule has 0 fully saturated rings. The van der Waals surface area contributed by atoms with Gasteiger partial charge in [0.2, 0.25) is 0 Å². The Morgan fingerprint density at radius 3 is 2.33 bits per heavy atom. The van der Waals surface area contributed by atoms with E-state index in [1.165, 1.54) is 0 Å². The summed E-state index contributed by atoms with van der Waals surface area (Å²) < 4.78 is 0. The molecule has 0 saturated carbocycles. The van der Waals surface area contributed by atoms with Gasteiger partial charge in [-0.05, 0) is 0 Å². The van der Waals surface area contributed by atoms with Gasteiger partial charge in [-0.15, -0.1) is 0 Å². The van der Waals surface area contributed by atoms with Crippen molar-refractivity contribution in [3.05, 3.63) is 0 Å². The maximum absolute atomic E-state index is 9.80. The SMILES string of the molecule is O=COOC(=O)C(=O)O. The Labute approximate surface area is 48.9 Å². The Bertz CT molecular complexity index is 137. The molecule has 0 aromatic carbocycles. The molecule has 0 rings (SSSR count). The fourth-order valence-electron chi connectivity index (χ4n) is 0.0990. The summed E-state index contributed by atoms with van der Waals surface area (Å²) in [7, 11) is 0. The number of rotatable bonds is 2. The van der Waals surface area contributed by atoms with Crippen molar-refractivity contribution in [2.45, 2.75) is 0 Å². The van der Waals surface area contributed by atoms with Crippen LogP contribution in [0.3, 0.4) is 0 Å². The third-order valence-electron chi connectivity index (χ3n) is 0.338. The van der Waals surface area contributed by atoms with Gasteiger partial charge >= 0.3 is 18.4 Å². The Morgan fingerprint density at radius 1 is 1.44 bits per heavy atom. The maximum Gasteiger partial charge on any atom is 0.462 e. The van der Waals surface area contributed by atoms with Crippen LogP contribution in [0, 0.1) is 0 Å². The van der Waals surface area contributed by atoms with Crippen molar-refractivity contribution in [2.75, 3.05) is 0 Å². The van der Waals surface area contributed by atoms with E-state index in [1.54, 1.807) is 0 Å². The molecule has 0 aliphatic heterocycles. The van der Waals surface area contributed by atoms with E-state index in [0.29, 0.717) is 0 Å². The summed E-state index contributed by atoms with van der Waals surface area (Å²) in [6.45, 7) is -0.208. The van der Waals surface area contributed by atoms with Gasteiger partial charge in [-0.1, -0.05) is 0 Å². The van der Waals surface area contributed by atoms with Gasteiger partial charge in [-0.25, -0.2) is 14.5 Å². The lowest BCUT2D eigenvalue weighted by Crippen LogP contribution is -2.15. The van der Waals surface area contributed by atoms with Crippen LogP contribution in [0.1, 0.15) is 0 Å². The molecule has 0 radical (unpaired) electrons. The molecule has 0 aromatic heterocycles. The lowest BCUT2D eigenvalue weighted by Gasteiger charge is -1.89. The van der Waals surface area contributed by atoms with Crippen molar-refractivity contribution in [3.8, 4) is 0 Å². The summed E-state index contributed by atoms with van der Waals surface area (Å²) in [6.07, 6.45) is 0. The van der Waals surface area contributed by atoms with Crippen LogP contribution >= 0.6 is 0 Å². The van der Waals surface area contributed by atoms with Gasteiger partial charge in [0.25, 0.3) is 0 Å². The van der Waals surface area contributed by atoms with E-state index in [9.17, 15) is 14.4 Å². The molecule has 6 heteroatoms. The highest BCUT2D eigenvalue weighted by Crippen LogP contribution is 1.75. The van der Waals surface area contributed by atoms with Crippen LogP contribution in [0.2, 0.25) is 0 Å². The molecule has 0 unspecified atom stereocenters. The number of carboxylic acids is 1. The van der Waals surface area contributed by atoms with Crippen molar-refractivity contribution in [3.63, 3.8) is 0 Å². The summed E-state index contributed by atoms with van der Waals surface area (Å²) in [6, 6.07) is 0. The molecule has 9 heavy (non-hydrogen) atoms. The van der Waals surface area contributed by atoms with Gasteiger partial charge in [-0.3, -0.25) is 9.68 Å². The van der Waals surface area contributed by atoms with E-state index in [2.05, 4.69) is 9.78 Å². The van der Waals surface area contributed by atoms with Crippen LogP contribution < -0.4 is 0 Å². The second-order valence-corrected chi connectivity index (χ2v) is 0.868. The summed E-state index contributed by atoms with van der Waals surface area (Å²) in [5.74, 6) is -3.46. The van der Waals surface area contributed by atoms with E-state index < -0.39 is 11.9 Å². The van der Waals surface area contributed by atoms with E-state index in [0.717, 1.165) is 0 Å². The van der Waals surface area contributed by atoms with Crippen molar-refractivity contribution in [1.82, 2.24) is 0 Å². The fourth-order valence-corrected chi connectivity index (χ4v) is 0.0990. The highest BCUT2D eigenvalue weighted by Gasteiger charge is 2.13. The molecule has 1 N–H and O–H groups in total. The number of hydrogen-bond acceptors (Lipinski definition) is 5. The first kappa shape index (κ1) is 7.41. The Kier molecular flexibility index (Phi) is 2.81. The van der Waals surface area contributed by atoms with E-state index in [-0.39, 0.29) is 6.47 Å². The minimum atomic E-state index is -1.82. The van der Waals surface area contributed by atoms with E-state index >= 15 is 0 Å². The summed E-state index contributed by atoms with van der Waals surface area (Å²) >= 11 is 0. The minimum absolute atomic E-state index is 0.208. The molecular weight excluding hydrogens is 132 g/mol. The van der Waals surface area contributed by atoms with Crippen molar-refractivity contribution >= 4 is 18.4 Å². The summed E-state index contributed by atoms with van der Waals surface area (Å²) in [5, 5.41) is 7.74. The average molecular weight is 134 g/mol. The predicted molar refractivity (Wildman–Crippen MR) is 20.9 cm³/mol. The third kappa shape index (κ3) is 3.03. The lowest BCUT2D eigenvalue weighted by molar-refractivity contribution is -0.248. The maximum atomic E-state index is 9.80. The fraction of sp³-hybridized carbons (Fsp3) is 0. The number of carbonyl (C=O) groups is 3. The highest BCUT2D eigenvalue weighted by atomic mass is 17.2. The van der Waals surface area contributed by atoms with Crippen LogP contribution in [0.4, 0.5) is 0 Å². The van der Waals surface area contributed by atoms with Crippen LogP contribution in [0.15, 0.2) is 0 Å². The molecule has 50 valence electrons. The zero-order valence-corrected chi connectivity index (χ0v) is 4.07. The van der Waals surface area contributed by atoms with Gasteiger partial charge in [0.15, 0.2) is 0 Å². The molecule has 0 aliphatic rings. The largest absolute Gasteiger partial charge is 0.473 e. The third-order valence-corrected chi connectivity index (χ3v) is 0.338. The zero-order chi connectivity index (χ0) is 7.28. The van der Waals surface area contributed by atoms with E-state index in [1.807, 2.05) is 0 Å². The number of aliphatic carboxylic acids is 1. The quantitative estimate of drug-likeness (QED) is 0.218. The molecule has 0 amide bonds. The number of hydrogen-bond donors (Lipinski definition) is 1. The molecule has 0 aromatic rings. The standard InChI is InChI=1S/C3H2O6/c4-1-8-9-3(7)2(5)6/h1H,(H,5,6). The van der Waals surface area contributed by atoms with Crippen LogP contribution in [0.25, 0.3) is 0 Å². The number of carboxylic acid groups (broad SMARTS) is 1. The Hall–Kier alpha value is -1.59. The first-order valence-electron chi connectivity index (χ1n) is 1.72. The smallest absolute Gasteiger partial charge is 0.462 e. The summed E-state index contributed by atoms with van der Waals surface area (Å²) in [5.41, 5.74) is 0. The molecule has 0 atom stereocenters. The van der Waals surface area contributed by atoms with Gasteiger partial charge in [0.05, 0.1) is 0 Å². The van der Waals surface area contributed by atoms with Crippen LogP contribution in [-0.2, 0) is 24.2 Å². The minimum Gasteiger partial charge on any atom is -0.473 e. The van der Waals surface area contributed by atoms with E-state index in [4.69, 9.17) is 5.11 Å². The molecule has 0 saturated heterocycles. The van der Waals surface area contributed by atoms with Gasteiger partial charge in [0, 0.05) is 0 Å². The normalized spacial score (nSPS) is 7.56.